The first kappa shape index (κ1) is 15.5. The Morgan fingerprint density at radius 1 is 1.27 bits per heavy atom. The predicted molar refractivity (Wildman–Crippen MR) is 86.3 cm³/mol. The largest absolute Gasteiger partial charge is 0.325 e. The fraction of sp³-hybridized carbons (Fsp3) is 0.611. The molecule has 2 atom stereocenters. The van der Waals surface area contributed by atoms with Gasteiger partial charge in [0, 0.05) is 11.7 Å². The molecule has 1 amide bonds. The molecular formula is C18H25FN2O. The molecule has 1 saturated heterocycles. The second kappa shape index (κ2) is 6.78. The standard InChI is InChI=1S/C18H25FN2O/c1-13-8-9-15(11-16(13)19)20-18(22)12-21-10-4-6-14-5-2-3-7-17(14)21/h8-9,11,14,17H,2-7,10,12H2,1H3,(H,20,22). The van der Waals surface area contributed by atoms with Crippen LogP contribution in [0.2, 0.25) is 0 Å². The van der Waals surface area contributed by atoms with E-state index >= 15 is 0 Å². The molecule has 2 aliphatic rings. The van der Waals surface area contributed by atoms with Gasteiger partial charge in [0.25, 0.3) is 0 Å². The minimum Gasteiger partial charge on any atom is -0.325 e. The maximum absolute atomic E-state index is 13.5. The Hall–Kier alpha value is -1.42. The average Bonchev–Trinajstić information content (AvgIpc) is 2.51. The summed E-state index contributed by atoms with van der Waals surface area (Å²) in [4.78, 5) is 14.6. The van der Waals surface area contributed by atoms with Crippen LogP contribution < -0.4 is 5.32 Å². The van der Waals surface area contributed by atoms with Gasteiger partial charge in [-0.15, -0.1) is 0 Å². The van der Waals surface area contributed by atoms with E-state index in [2.05, 4.69) is 10.2 Å². The molecule has 1 aliphatic carbocycles. The number of piperidine rings is 1. The summed E-state index contributed by atoms with van der Waals surface area (Å²) >= 11 is 0. The molecule has 1 heterocycles. The number of amides is 1. The van der Waals surface area contributed by atoms with Gasteiger partial charge in [-0.2, -0.15) is 0 Å². The van der Waals surface area contributed by atoms with Crippen LogP contribution >= 0.6 is 0 Å². The Balaban J connectivity index is 1.59. The number of likely N-dealkylation sites (tertiary alicyclic amines) is 1. The molecule has 1 aromatic carbocycles. The molecule has 1 aliphatic heterocycles. The molecule has 0 radical (unpaired) electrons. The first-order valence-corrected chi connectivity index (χ1v) is 8.43. The van der Waals surface area contributed by atoms with Crippen LogP contribution in [0.5, 0.6) is 0 Å². The Morgan fingerprint density at radius 3 is 2.86 bits per heavy atom. The zero-order valence-corrected chi connectivity index (χ0v) is 13.3. The van der Waals surface area contributed by atoms with Crippen LogP contribution in [-0.4, -0.2) is 29.9 Å². The van der Waals surface area contributed by atoms with Crippen molar-refractivity contribution in [2.24, 2.45) is 5.92 Å². The average molecular weight is 304 g/mol. The molecule has 2 fully saturated rings. The summed E-state index contributed by atoms with van der Waals surface area (Å²) in [5, 5.41) is 2.83. The second-order valence-corrected chi connectivity index (χ2v) is 6.74. The van der Waals surface area contributed by atoms with Gasteiger partial charge in [-0.3, -0.25) is 9.69 Å². The molecule has 1 saturated carbocycles. The summed E-state index contributed by atoms with van der Waals surface area (Å²) in [7, 11) is 0. The van der Waals surface area contributed by atoms with Crippen LogP contribution in [0.3, 0.4) is 0 Å². The maximum Gasteiger partial charge on any atom is 0.238 e. The summed E-state index contributed by atoms with van der Waals surface area (Å²) in [6.07, 6.45) is 7.65. The van der Waals surface area contributed by atoms with Crippen molar-refractivity contribution in [2.75, 3.05) is 18.4 Å². The van der Waals surface area contributed by atoms with Gasteiger partial charge in [-0.05, 0) is 62.8 Å². The number of nitrogens with zero attached hydrogens (tertiary/aromatic N) is 1. The van der Waals surface area contributed by atoms with Gasteiger partial charge >= 0.3 is 0 Å². The zero-order valence-electron chi connectivity index (χ0n) is 13.3. The minimum absolute atomic E-state index is 0.0329. The van der Waals surface area contributed by atoms with Crippen molar-refractivity contribution in [3.8, 4) is 0 Å². The lowest BCUT2D eigenvalue weighted by Gasteiger charge is -2.43. The molecule has 0 spiro atoms. The highest BCUT2D eigenvalue weighted by atomic mass is 19.1. The number of rotatable bonds is 3. The van der Waals surface area contributed by atoms with Gasteiger partial charge in [-0.1, -0.05) is 18.9 Å². The number of benzene rings is 1. The molecular weight excluding hydrogens is 279 g/mol. The van der Waals surface area contributed by atoms with E-state index < -0.39 is 0 Å². The summed E-state index contributed by atoms with van der Waals surface area (Å²) in [5.41, 5.74) is 1.14. The normalized spacial score (nSPS) is 25.5. The quantitative estimate of drug-likeness (QED) is 0.923. The van der Waals surface area contributed by atoms with E-state index in [0.29, 0.717) is 23.8 Å². The monoisotopic (exact) mass is 304 g/mol. The lowest BCUT2D eigenvalue weighted by molar-refractivity contribution is -0.118. The number of hydrogen-bond donors (Lipinski definition) is 1. The molecule has 120 valence electrons. The van der Waals surface area contributed by atoms with Gasteiger partial charge in [0.05, 0.1) is 6.54 Å². The van der Waals surface area contributed by atoms with E-state index in [1.165, 1.54) is 44.6 Å². The van der Waals surface area contributed by atoms with E-state index in [-0.39, 0.29) is 11.7 Å². The number of aryl methyl sites for hydroxylation is 1. The number of nitrogens with one attached hydrogen (secondary N) is 1. The third-order valence-corrected chi connectivity index (χ3v) is 5.16. The van der Waals surface area contributed by atoms with E-state index in [4.69, 9.17) is 0 Å². The first-order chi connectivity index (χ1) is 10.6. The van der Waals surface area contributed by atoms with Gasteiger partial charge in [-0.25, -0.2) is 4.39 Å². The third-order valence-electron chi connectivity index (χ3n) is 5.16. The molecule has 1 aromatic rings. The summed E-state index contributed by atoms with van der Waals surface area (Å²) in [5.74, 6) is 0.463. The SMILES string of the molecule is Cc1ccc(NC(=O)CN2CCCC3CCCCC32)cc1F. The number of hydrogen-bond acceptors (Lipinski definition) is 2. The van der Waals surface area contributed by atoms with Crippen molar-refractivity contribution in [1.29, 1.82) is 0 Å². The molecule has 22 heavy (non-hydrogen) atoms. The van der Waals surface area contributed by atoms with Gasteiger partial charge < -0.3 is 5.32 Å². The lowest BCUT2D eigenvalue weighted by Crippen LogP contribution is -2.49. The zero-order chi connectivity index (χ0) is 15.5. The summed E-state index contributed by atoms with van der Waals surface area (Å²) in [6.45, 7) is 3.16. The fourth-order valence-electron chi connectivity index (χ4n) is 3.98. The van der Waals surface area contributed by atoms with Crippen LogP contribution in [0.4, 0.5) is 10.1 Å². The highest BCUT2D eigenvalue weighted by Gasteiger charge is 2.33. The van der Waals surface area contributed by atoms with Crippen LogP contribution in [0.15, 0.2) is 18.2 Å². The fourth-order valence-corrected chi connectivity index (χ4v) is 3.98. The van der Waals surface area contributed by atoms with Crippen LogP contribution in [0.1, 0.15) is 44.1 Å². The third kappa shape index (κ3) is 3.49. The van der Waals surface area contributed by atoms with Crippen molar-refractivity contribution in [2.45, 2.75) is 51.5 Å². The lowest BCUT2D eigenvalue weighted by atomic mass is 9.78. The number of carbonyl (C=O) groups is 1. The topological polar surface area (TPSA) is 32.3 Å². The predicted octanol–water partition coefficient (Wildman–Crippen LogP) is 3.73. The van der Waals surface area contributed by atoms with Crippen LogP contribution in [0.25, 0.3) is 0 Å². The van der Waals surface area contributed by atoms with Gasteiger partial charge in [0.2, 0.25) is 5.91 Å². The van der Waals surface area contributed by atoms with E-state index in [0.717, 1.165) is 12.5 Å². The minimum atomic E-state index is -0.275. The van der Waals surface area contributed by atoms with Gasteiger partial charge in [0.15, 0.2) is 0 Å². The number of anilines is 1. The van der Waals surface area contributed by atoms with Crippen molar-refractivity contribution in [1.82, 2.24) is 4.90 Å². The molecule has 3 nitrogen and oxygen atoms in total. The van der Waals surface area contributed by atoms with Crippen LogP contribution in [-0.2, 0) is 4.79 Å². The second-order valence-electron chi connectivity index (χ2n) is 6.74. The van der Waals surface area contributed by atoms with Crippen molar-refractivity contribution < 1.29 is 9.18 Å². The number of fused-ring (bicyclic) bond motifs is 1. The number of carbonyl (C=O) groups excluding carboxylic acids is 1. The smallest absolute Gasteiger partial charge is 0.238 e. The Labute approximate surface area is 131 Å². The van der Waals surface area contributed by atoms with Crippen LogP contribution in [0, 0.1) is 18.7 Å². The molecule has 0 aromatic heterocycles. The van der Waals surface area contributed by atoms with Crippen molar-refractivity contribution in [3.63, 3.8) is 0 Å². The Kier molecular flexibility index (Phi) is 4.77. The first-order valence-electron chi connectivity index (χ1n) is 8.43. The van der Waals surface area contributed by atoms with Crippen molar-refractivity contribution in [3.05, 3.63) is 29.6 Å². The summed E-state index contributed by atoms with van der Waals surface area (Å²) in [6, 6.07) is 5.43. The van der Waals surface area contributed by atoms with Gasteiger partial charge in [0.1, 0.15) is 5.82 Å². The van der Waals surface area contributed by atoms with Crippen molar-refractivity contribution >= 4 is 11.6 Å². The van der Waals surface area contributed by atoms with E-state index in [1.807, 2.05) is 0 Å². The molecule has 2 unspecified atom stereocenters. The Bertz CT molecular complexity index is 544. The summed E-state index contributed by atoms with van der Waals surface area (Å²) < 4.78 is 13.5. The number of halogens is 1. The highest BCUT2D eigenvalue weighted by molar-refractivity contribution is 5.92. The van der Waals surface area contributed by atoms with E-state index in [1.54, 1.807) is 19.1 Å². The molecule has 4 heteroatoms. The molecule has 0 bridgehead atoms. The Morgan fingerprint density at radius 2 is 2.05 bits per heavy atom. The molecule has 1 N–H and O–H groups in total. The van der Waals surface area contributed by atoms with E-state index in [9.17, 15) is 9.18 Å². The highest BCUT2D eigenvalue weighted by Crippen LogP contribution is 2.35. The molecule has 3 rings (SSSR count). The maximum atomic E-state index is 13.5.